The number of rotatable bonds is 1. The molecule has 0 aromatic rings. The van der Waals surface area contributed by atoms with E-state index in [4.69, 9.17) is 0 Å². The Kier molecular flexibility index (Phi) is 2.95. The van der Waals surface area contributed by atoms with Crippen LogP contribution in [0.4, 0.5) is 4.39 Å². The van der Waals surface area contributed by atoms with Crippen molar-refractivity contribution in [1.29, 1.82) is 0 Å². The van der Waals surface area contributed by atoms with Crippen molar-refractivity contribution in [3.05, 3.63) is 0 Å². The lowest BCUT2D eigenvalue weighted by Crippen LogP contribution is -1.89. The van der Waals surface area contributed by atoms with Gasteiger partial charge in [0.15, 0.2) is 6.80 Å². The molecule has 0 radical (unpaired) electrons. The lowest BCUT2D eigenvalue weighted by Gasteiger charge is -1.87. The Morgan fingerprint density at radius 1 is 1.60 bits per heavy atom. The van der Waals surface area contributed by atoms with E-state index in [1.165, 1.54) is 0 Å². The maximum atomic E-state index is 10.8. The number of alkyl halides is 1. The van der Waals surface area contributed by atoms with Crippen LogP contribution in [0.15, 0.2) is 0 Å². The molecule has 1 nitrogen and oxygen atoms in total. The standard InChI is InChI=1S/CH2Cl2FN/c2-5(3)1-4/h1H2. The Morgan fingerprint density at radius 2 is 1.80 bits per heavy atom. The van der Waals surface area contributed by atoms with Crippen molar-refractivity contribution in [3.8, 4) is 0 Å². The van der Waals surface area contributed by atoms with E-state index in [1.807, 2.05) is 0 Å². The molecule has 0 N–H and O–H groups in total. The molecule has 0 spiro atoms. The Labute approximate surface area is 39.5 Å². The molecule has 0 aliphatic carbocycles. The summed E-state index contributed by atoms with van der Waals surface area (Å²) in [6, 6.07) is 0. The zero-order chi connectivity index (χ0) is 4.28. The predicted octanol–water partition coefficient (Wildman–Crippen LogP) is 1.52. The first-order valence-corrected chi connectivity index (χ1v) is 1.60. The quantitative estimate of drug-likeness (QED) is 0.372. The molecule has 0 aromatic heterocycles. The van der Waals surface area contributed by atoms with Crippen LogP contribution in [0.25, 0.3) is 0 Å². The summed E-state index contributed by atoms with van der Waals surface area (Å²) < 4.78 is 11.2. The van der Waals surface area contributed by atoms with Gasteiger partial charge in [-0.15, -0.1) is 3.94 Å². The van der Waals surface area contributed by atoms with Gasteiger partial charge in [-0.1, -0.05) is 0 Å². The fourth-order valence-electron chi connectivity index (χ4n) is 0. The second kappa shape index (κ2) is 2.69. The lowest BCUT2D eigenvalue weighted by atomic mass is 11.5. The number of halogens is 3. The summed E-state index contributed by atoms with van der Waals surface area (Å²) in [7, 11) is 0. The largest absolute Gasteiger partial charge is 0.231 e. The summed E-state index contributed by atoms with van der Waals surface area (Å²) in [6.07, 6.45) is 0. The molecule has 0 saturated heterocycles. The van der Waals surface area contributed by atoms with Crippen molar-refractivity contribution in [1.82, 2.24) is 3.94 Å². The highest BCUT2D eigenvalue weighted by molar-refractivity contribution is 6.33. The van der Waals surface area contributed by atoms with E-state index >= 15 is 0 Å². The minimum Gasteiger partial charge on any atom is -0.231 e. The van der Waals surface area contributed by atoms with Crippen LogP contribution >= 0.6 is 23.6 Å². The Hall–Kier alpha value is 0.470. The first-order valence-electron chi connectivity index (χ1n) is 0.922. The molecule has 0 amide bonds. The van der Waals surface area contributed by atoms with Crippen LogP contribution in [-0.2, 0) is 0 Å². The molecule has 0 bridgehead atoms. The van der Waals surface area contributed by atoms with E-state index in [0.29, 0.717) is 3.94 Å². The van der Waals surface area contributed by atoms with Gasteiger partial charge in [0.25, 0.3) is 0 Å². The van der Waals surface area contributed by atoms with Gasteiger partial charge in [0.1, 0.15) is 0 Å². The average molecular weight is 118 g/mol. The molecule has 0 heterocycles. The van der Waals surface area contributed by atoms with E-state index in [1.54, 1.807) is 0 Å². The predicted molar refractivity (Wildman–Crippen MR) is 19.5 cm³/mol. The van der Waals surface area contributed by atoms with Gasteiger partial charge in [0.05, 0.1) is 0 Å². The molecule has 0 aliphatic rings. The van der Waals surface area contributed by atoms with Crippen molar-refractivity contribution in [2.24, 2.45) is 0 Å². The fraction of sp³-hybridized carbons (Fsp3) is 1.00. The van der Waals surface area contributed by atoms with Crippen LogP contribution in [0.3, 0.4) is 0 Å². The molecule has 0 unspecified atom stereocenters. The summed E-state index contributed by atoms with van der Waals surface area (Å²) in [5.41, 5.74) is 0. The van der Waals surface area contributed by atoms with Gasteiger partial charge in [0, 0.05) is 0 Å². The van der Waals surface area contributed by atoms with Crippen molar-refractivity contribution >= 4 is 23.6 Å². The van der Waals surface area contributed by atoms with Gasteiger partial charge < -0.3 is 0 Å². The van der Waals surface area contributed by atoms with Gasteiger partial charge in [-0.3, -0.25) is 0 Å². The number of nitrogens with zero attached hydrogens (tertiary/aromatic N) is 1. The maximum Gasteiger partial charge on any atom is 0.171 e. The van der Waals surface area contributed by atoms with Crippen molar-refractivity contribution < 1.29 is 4.39 Å². The molecule has 32 valence electrons. The smallest absolute Gasteiger partial charge is 0.171 e. The highest BCUT2D eigenvalue weighted by Crippen LogP contribution is 1.95. The third-order valence-corrected chi connectivity index (χ3v) is 0.271. The van der Waals surface area contributed by atoms with Crippen LogP contribution in [0.1, 0.15) is 0 Å². The SMILES string of the molecule is FCN(Cl)Cl. The monoisotopic (exact) mass is 117 g/mol. The van der Waals surface area contributed by atoms with E-state index in [9.17, 15) is 4.39 Å². The molecular weight excluding hydrogens is 116 g/mol. The minimum absolute atomic E-state index is 0.403. The van der Waals surface area contributed by atoms with Crippen molar-refractivity contribution in [3.63, 3.8) is 0 Å². The first kappa shape index (κ1) is 5.47. The molecular formula is CH2Cl2FN. The van der Waals surface area contributed by atoms with Gasteiger partial charge in [0.2, 0.25) is 0 Å². The second-order valence-corrected chi connectivity index (χ2v) is 1.41. The zero-order valence-corrected chi connectivity index (χ0v) is 3.80. The molecule has 0 fully saturated rings. The molecule has 0 aliphatic heterocycles. The van der Waals surface area contributed by atoms with Crippen molar-refractivity contribution in [2.75, 3.05) is 6.80 Å². The van der Waals surface area contributed by atoms with E-state index < -0.39 is 6.80 Å². The fourth-order valence-corrected chi connectivity index (χ4v) is 0. The first-order chi connectivity index (χ1) is 2.27. The highest BCUT2D eigenvalue weighted by Gasteiger charge is 1.84. The molecule has 4 heteroatoms. The Balaban J connectivity index is 2.54. The summed E-state index contributed by atoms with van der Waals surface area (Å²) in [4.78, 5) is 0. The van der Waals surface area contributed by atoms with Crippen LogP contribution in [0.2, 0.25) is 0 Å². The van der Waals surface area contributed by atoms with E-state index in [-0.39, 0.29) is 0 Å². The van der Waals surface area contributed by atoms with Gasteiger partial charge in [-0.25, -0.2) is 4.39 Å². The molecule has 0 atom stereocenters. The number of hydrogen-bond donors (Lipinski definition) is 0. The second-order valence-electron chi connectivity index (χ2n) is 0.422. The minimum atomic E-state index is -0.830. The average Bonchev–Trinajstić information content (AvgIpc) is 1.38. The maximum absolute atomic E-state index is 10.8. The summed E-state index contributed by atoms with van der Waals surface area (Å²) in [6.45, 7) is -0.830. The van der Waals surface area contributed by atoms with Gasteiger partial charge >= 0.3 is 0 Å². The number of hydrogen-bond acceptors (Lipinski definition) is 1. The van der Waals surface area contributed by atoms with Crippen LogP contribution in [0.5, 0.6) is 0 Å². The highest BCUT2D eigenvalue weighted by atomic mass is 35.5. The van der Waals surface area contributed by atoms with Crippen LogP contribution < -0.4 is 0 Å². The molecule has 5 heavy (non-hydrogen) atoms. The van der Waals surface area contributed by atoms with Crippen LogP contribution in [0, 0.1) is 0 Å². The summed E-state index contributed by atoms with van der Waals surface area (Å²) in [5, 5.41) is 0. The van der Waals surface area contributed by atoms with Crippen molar-refractivity contribution in [2.45, 2.75) is 0 Å². The molecule has 0 aromatic carbocycles. The topological polar surface area (TPSA) is 3.24 Å². The molecule has 0 saturated carbocycles. The third kappa shape index (κ3) is 4.47. The van der Waals surface area contributed by atoms with E-state index in [2.05, 4.69) is 23.6 Å². The Bertz CT molecular complexity index is 23.6. The summed E-state index contributed by atoms with van der Waals surface area (Å²) >= 11 is 9.37. The summed E-state index contributed by atoms with van der Waals surface area (Å²) in [5.74, 6) is 0. The third-order valence-electron chi connectivity index (χ3n) is 0.0904. The zero-order valence-electron chi connectivity index (χ0n) is 2.29. The van der Waals surface area contributed by atoms with Crippen LogP contribution in [-0.4, -0.2) is 10.7 Å². The van der Waals surface area contributed by atoms with E-state index in [0.717, 1.165) is 0 Å². The van der Waals surface area contributed by atoms with Gasteiger partial charge in [-0.2, -0.15) is 0 Å². The Morgan fingerprint density at radius 3 is 1.80 bits per heavy atom. The normalized spacial score (nSPS) is 9.60. The molecule has 0 rings (SSSR count). The lowest BCUT2D eigenvalue weighted by molar-refractivity contribution is 0.403. The van der Waals surface area contributed by atoms with Gasteiger partial charge in [-0.05, 0) is 23.6 Å².